The zero-order valence-electron chi connectivity index (χ0n) is 10.5. The maximum Gasteiger partial charge on any atom is 0.137 e. The molecule has 1 saturated carbocycles. The van der Waals surface area contributed by atoms with Crippen LogP contribution in [0.3, 0.4) is 0 Å². The Balaban J connectivity index is 1.51. The Kier molecular flexibility index (Phi) is 3.48. The largest absolute Gasteiger partial charge is 0.490 e. The molecule has 0 amide bonds. The molecule has 1 aliphatic heterocycles. The zero-order valence-corrected chi connectivity index (χ0v) is 10.5. The molecule has 1 aliphatic carbocycles. The van der Waals surface area contributed by atoms with Gasteiger partial charge in [0.25, 0.3) is 0 Å². The summed E-state index contributed by atoms with van der Waals surface area (Å²) < 4.78 is 5.73. The summed E-state index contributed by atoms with van der Waals surface area (Å²) >= 11 is 0. The van der Waals surface area contributed by atoms with Crippen molar-refractivity contribution in [1.29, 1.82) is 0 Å². The van der Waals surface area contributed by atoms with Gasteiger partial charge in [0, 0.05) is 18.8 Å². The lowest BCUT2D eigenvalue weighted by Crippen LogP contribution is -2.46. The Labute approximate surface area is 107 Å². The van der Waals surface area contributed by atoms with Crippen LogP contribution in [0.1, 0.15) is 18.4 Å². The number of aliphatic hydroxyl groups excluding tert-OH is 1. The molecular formula is C14H20N2O2. The summed E-state index contributed by atoms with van der Waals surface area (Å²) in [6, 6.07) is 2.59. The fourth-order valence-corrected chi connectivity index (χ4v) is 2.43. The maximum atomic E-state index is 9.04. The van der Waals surface area contributed by atoms with Crippen LogP contribution in [-0.2, 0) is 6.42 Å². The van der Waals surface area contributed by atoms with Gasteiger partial charge >= 0.3 is 0 Å². The highest BCUT2D eigenvalue weighted by molar-refractivity contribution is 5.24. The van der Waals surface area contributed by atoms with Gasteiger partial charge in [-0.25, -0.2) is 0 Å². The molecule has 3 rings (SSSR count). The Morgan fingerprint density at radius 1 is 1.39 bits per heavy atom. The minimum atomic E-state index is 0.321. The van der Waals surface area contributed by atoms with Gasteiger partial charge in [0.1, 0.15) is 12.4 Å². The van der Waals surface area contributed by atoms with Crippen molar-refractivity contribution < 1.29 is 9.84 Å². The lowest BCUT2D eigenvalue weighted by molar-refractivity contribution is 0.216. The molecule has 1 aromatic rings. The molecule has 1 aromatic heterocycles. The number of hydrogen-bond acceptors (Lipinski definition) is 4. The third-order valence-corrected chi connectivity index (χ3v) is 3.95. The van der Waals surface area contributed by atoms with Gasteiger partial charge in [-0.2, -0.15) is 0 Å². The van der Waals surface area contributed by atoms with Crippen LogP contribution in [0.15, 0.2) is 18.5 Å². The second kappa shape index (κ2) is 5.24. The molecule has 4 nitrogen and oxygen atoms in total. The quantitative estimate of drug-likeness (QED) is 0.788. The molecule has 2 N–H and O–H groups in total. The van der Waals surface area contributed by atoms with E-state index in [1.165, 1.54) is 12.0 Å². The molecule has 18 heavy (non-hydrogen) atoms. The Bertz CT molecular complexity index is 407. The van der Waals surface area contributed by atoms with E-state index in [2.05, 4.69) is 16.4 Å². The van der Waals surface area contributed by atoms with E-state index in [0.717, 1.165) is 31.7 Å². The van der Waals surface area contributed by atoms with Crippen molar-refractivity contribution in [2.45, 2.75) is 25.3 Å². The minimum absolute atomic E-state index is 0.321. The third-order valence-electron chi connectivity index (χ3n) is 3.95. The van der Waals surface area contributed by atoms with Crippen molar-refractivity contribution in [3.8, 4) is 5.75 Å². The van der Waals surface area contributed by atoms with Gasteiger partial charge in [0.2, 0.25) is 0 Å². The molecule has 2 aliphatic rings. The average Bonchev–Trinajstić information content (AvgIpc) is 3.06. The first kappa shape index (κ1) is 11.9. The molecule has 0 radical (unpaired) electrons. The van der Waals surface area contributed by atoms with E-state index in [1.807, 2.05) is 6.20 Å². The number of aliphatic hydroxyl groups is 1. The van der Waals surface area contributed by atoms with E-state index in [4.69, 9.17) is 9.84 Å². The van der Waals surface area contributed by atoms with Gasteiger partial charge in [0.15, 0.2) is 0 Å². The number of ether oxygens (including phenoxy) is 1. The monoisotopic (exact) mass is 248 g/mol. The van der Waals surface area contributed by atoms with Crippen molar-refractivity contribution in [2.24, 2.45) is 11.8 Å². The SMILES string of the molecule is OCC1C[C@H]1Cc1cncc(OC[C@@H]2CCN2)c1. The van der Waals surface area contributed by atoms with Crippen LogP contribution < -0.4 is 10.1 Å². The molecule has 3 atom stereocenters. The molecule has 0 spiro atoms. The molecule has 0 aromatic carbocycles. The van der Waals surface area contributed by atoms with Crippen LogP contribution in [0.5, 0.6) is 5.75 Å². The standard InChI is InChI=1S/C14H20N2O2/c17-8-12-5-11(12)3-10-4-14(7-15-6-10)18-9-13-1-2-16-13/h4,6-7,11-13,16-17H,1-3,5,8-9H2/t11-,12?,13+/m1/s1. The first-order valence-corrected chi connectivity index (χ1v) is 6.76. The zero-order chi connectivity index (χ0) is 12.4. The normalized spacial score (nSPS) is 29.7. The van der Waals surface area contributed by atoms with E-state index in [-0.39, 0.29) is 0 Å². The van der Waals surface area contributed by atoms with Crippen molar-refractivity contribution in [1.82, 2.24) is 10.3 Å². The van der Waals surface area contributed by atoms with E-state index >= 15 is 0 Å². The second-order valence-electron chi connectivity index (χ2n) is 5.42. The number of aromatic nitrogens is 1. The van der Waals surface area contributed by atoms with E-state index in [1.54, 1.807) is 6.20 Å². The van der Waals surface area contributed by atoms with Gasteiger partial charge in [-0.3, -0.25) is 4.98 Å². The maximum absolute atomic E-state index is 9.04. The predicted octanol–water partition coefficient (Wildman–Crippen LogP) is 0.993. The Morgan fingerprint density at radius 3 is 2.94 bits per heavy atom. The summed E-state index contributed by atoms with van der Waals surface area (Å²) in [7, 11) is 0. The highest BCUT2D eigenvalue weighted by Crippen LogP contribution is 2.40. The van der Waals surface area contributed by atoms with Crippen molar-refractivity contribution in [3.63, 3.8) is 0 Å². The number of nitrogens with zero attached hydrogens (tertiary/aromatic N) is 1. The summed E-state index contributed by atoms with van der Waals surface area (Å²) in [5.41, 5.74) is 1.22. The number of hydrogen-bond donors (Lipinski definition) is 2. The fraction of sp³-hybridized carbons (Fsp3) is 0.643. The van der Waals surface area contributed by atoms with Crippen molar-refractivity contribution >= 4 is 0 Å². The highest BCUT2D eigenvalue weighted by Gasteiger charge is 2.36. The van der Waals surface area contributed by atoms with Gasteiger partial charge < -0.3 is 15.2 Å². The summed E-state index contributed by atoms with van der Waals surface area (Å²) in [6.45, 7) is 2.16. The van der Waals surface area contributed by atoms with Crippen LogP contribution in [0.4, 0.5) is 0 Å². The molecule has 1 unspecified atom stereocenters. The first-order valence-electron chi connectivity index (χ1n) is 6.76. The number of rotatable bonds is 6. The Morgan fingerprint density at radius 2 is 2.28 bits per heavy atom. The van der Waals surface area contributed by atoms with Crippen LogP contribution in [0.2, 0.25) is 0 Å². The van der Waals surface area contributed by atoms with Crippen LogP contribution in [0.25, 0.3) is 0 Å². The van der Waals surface area contributed by atoms with Crippen molar-refractivity contribution in [2.75, 3.05) is 19.8 Å². The van der Waals surface area contributed by atoms with E-state index in [9.17, 15) is 0 Å². The van der Waals surface area contributed by atoms with Crippen LogP contribution in [-0.4, -0.2) is 35.9 Å². The van der Waals surface area contributed by atoms with Gasteiger partial charge in [0.05, 0.1) is 6.20 Å². The smallest absolute Gasteiger partial charge is 0.137 e. The predicted molar refractivity (Wildman–Crippen MR) is 68.5 cm³/mol. The second-order valence-corrected chi connectivity index (χ2v) is 5.42. The lowest BCUT2D eigenvalue weighted by Gasteiger charge is -2.27. The molecule has 0 bridgehead atoms. The van der Waals surface area contributed by atoms with E-state index in [0.29, 0.717) is 24.5 Å². The van der Waals surface area contributed by atoms with Gasteiger partial charge in [-0.15, -0.1) is 0 Å². The fourth-order valence-electron chi connectivity index (χ4n) is 2.43. The summed E-state index contributed by atoms with van der Waals surface area (Å²) in [6.07, 6.45) is 7.04. The average molecular weight is 248 g/mol. The topological polar surface area (TPSA) is 54.4 Å². The molecule has 4 heteroatoms. The molecular weight excluding hydrogens is 228 g/mol. The minimum Gasteiger partial charge on any atom is -0.490 e. The molecule has 2 heterocycles. The molecule has 98 valence electrons. The third kappa shape index (κ3) is 2.82. The van der Waals surface area contributed by atoms with E-state index < -0.39 is 0 Å². The van der Waals surface area contributed by atoms with Crippen molar-refractivity contribution in [3.05, 3.63) is 24.0 Å². The first-order chi connectivity index (χ1) is 8.85. The summed E-state index contributed by atoms with van der Waals surface area (Å²) in [5, 5.41) is 12.4. The van der Waals surface area contributed by atoms with Gasteiger partial charge in [-0.1, -0.05) is 0 Å². The molecule has 2 fully saturated rings. The van der Waals surface area contributed by atoms with Gasteiger partial charge in [-0.05, 0) is 49.3 Å². The lowest BCUT2D eigenvalue weighted by atomic mass is 10.1. The summed E-state index contributed by atoms with van der Waals surface area (Å²) in [5.74, 6) is 2.01. The highest BCUT2D eigenvalue weighted by atomic mass is 16.5. The van der Waals surface area contributed by atoms with Crippen LogP contribution >= 0.6 is 0 Å². The molecule has 1 saturated heterocycles. The summed E-state index contributed by atoms with van der Waals surface area (Å²) in [4.78, 5) is 4.23. The number of pyridine rings is 1. The van der Waals surface area contributed by atoms with Crippen LogP contribution in [0, 0.1) is 11.8 Å². The Hall–Kier alpha value is -1.13. The number of nitrogens with one attached hydrogen (secondary N) is 1.